The highest BCUT2D eigenvalue weighted by Crippen LogP contribution is 2.34. The summed E-state index contributed by atoms with van der Waals surface area (Å²) in [5.74, 6) is 0.112. The van der Waals surface area contributed by atoms with E-state index >= 15 is 0 Å². The average Bonchev–Trinajstić information content (AvgIpc) is 3.41. The number of carbonyl (C=O) groups excluding carboxylic acids is 1. The van der Waals surface area contributed by atoms with Crippen molar-refractivity contribution in [1.82, 2.24) is 14.5 Å². The Kier molecular flexibility index (Phi) is 4.63. The minimum atomic E-state index is 0.112. The molecule has 1 saturated heterocycles. The van der Waals surface area contributed by atoms with Gasteiger partial charge in [-0.15, -0.1) is 0 Å². The second kappa shape index (κ2) is 7.06. The van der Waals surface area contributed by atoms with Crippen molar-refractivity contribution in [2.75, 3.05) is 12.8 Å². The first kappa shape index (κ1) is 16.4. The summed E-state index contributed by atoms with van der Waals surface area (Å²) in [6, 6.07) is 10.2. The number of likely N-dealkylation sites (tertiary alicyclic amines) is 1. The zero-order valence-corrected chi connectivity index (χ0v) is 15.6. The van der Waals surface area contributed by atoms with E-state index in [1.165, 1.54) is 5.56 Å². The lowest BCUT2D eigenvalue weighted by Crippen LogP contribution is -2.30. The third kappa shape index (κ3) is 3.12. The van der Waals surface area contributed by atoms with Gasteiger partial charge in [0.1, 0.15) is 0 Å². The SMILES string of the molecule is CSc1nccn1-c1cccc(C(=O)N2CCC[C@H]2c2ccsc2)c1. The molecule has 0 saturated carbocycles. The van der Waals surface area contributed by atoms with Crippen LogP contribution in [0.1, 0.15) is 34.8 Å². The Morgan fingerprint density at radius 2 is 2.28 bits per heavy atom. The molecule has 3 heterocycles. The third-order valence-corrected chi connectivity index (χ3v) is 5.97. The van der Waals surface area contributed by atoms with Gasteiger partial charge in [-0.25, -0.2) is 4.98 Å². The van der Waals surface area contributed by atoms with Crippen LogP contribution < -0.4 is 0 Å². The van der Waals surface area contributed by atoms with E-state index in [-0.39, 0.29) is 11.9 Å². The third-order valence-electron chi connectivity index (χ3n) is 4.60. The number of nitrogens with zero attached hydrogens (tertiary/aromatic N) is 3. The van der Waals surface area contributed by atoms with Crippen molar-refractivity contribution in [2.45, 2.75) is 24.0 Å². The molecular weight excluding hydrogens is 350 g/mol. The molecule has 4 nitrogen and oxygen atoms in total. The second-order valence-electron chi connectivity index (χ2n) is 6.05. The van der Waals surface area contributed by atoms with Crippen molar-refractivity contribution in [3.05, 3.63) is 64.6 Å². The average molecular weight is 370 g/mol. The van der Waals surface area contributed by atoms with Crippen LogP contribution >= 0.6 is 23.1 Å². The number of rotatable bonds is 4. The lowest BCUT2D eigenvalue weighted by molar-refractivity contribution is 0.0736. The van der Waals surface area contributed by atoms with Crippen LogP contribution in [0.5, 0.6) is 0 Å². The minimum Gasteiger partial charge on any atom is -0.332 e. The van der Waals surface area contributed by atoms with Crippen LogP contribution in [0.2, 0.25) is 0 Å². The highest BCUT2D eigenvalue weighted by molar-refractivity contribution is 7.98. The number of imidazole rings is 1. The molecule has 6 heteroatoms. The molecule has 0 radical (unpaired) electrons. The maximum atomic E-state index is 13.1. The van der Waals surface area contributed by atoms with Crippen molar-refractivity contribution in [3.8, 4) is 5.69 Å². The molecule has 3 aromatic rings. The normalized spacial score (nSPS) is 17.2. The molecule has 1 aliphatic rings. The largest absolute Gasteiger partial charge is 0.332 e. The smallest absolute Gasteiger partial charge is 0.254 e. The van der Waals surface area contributed by atoms with Gasteiger partial charge in [-0.2, -0.15) is 11.3 Å². The van der Waals surface area contributed by atoms with Gasteiger partial charge < -0.3 is 4.90 Å². The van der Waals surface area contributed by atoms with E-state index < -0.39 is 0 Å². The van der Waals surface area contributed by atoms with Crippen LogP contribution in [0.4, 0.5) is 0 Å². The van der Waals surface area contributed by atoms with Crippen LogP contribution in [0.15, 0.2) is 58.6 Å². The zero-order chi connectivity index (χ0) is 17.2. The van der Waals surface area contributed by atoms with Gasteiger partial charge in [0.15, 0.2) is 5.16 Å². The number of carbonyl (C=O) groups is 1. The van der Waals surface area contributed by atoms with Crippen LogP contribution in [-0.4, -0.2) is 33.2 Å². The number of thiophene rings is 1. The van der Waals surface area contributed by atoms with Crippen LogP contribution in [0.3, 0.4) is 0 Å². The van der Waals surface area contributed by atoms with Gasteiger partial charge in [0.25, 0.3) is 5.91 Å². The van der Waals surface area contributed by atoms with Crippen LogP contribution in [0, 0.1) is 0 Å². The van der Waals surface area contributed by atoms with Gasteiger partial charge in [-0.05, 0) is 59.7 Å². The molecule has 0 N–H and O–H groups in total. The number of hydrogen-bond acceptors (Lipinski definition) is 4. The minimum absolute atomic E-state index is 0.112. The maximum Gasteiger partial charge on any atom is 0.254 e. The van der Waals surface area contributed by atoms with Crippen molar-refractivity contribution in [3.63, 3.8) is 0 Å². The molecule has 1 amide bonds. The molecule has 0 bridgehead atoms. The van der Waals surface area contributed by atoms with E-state index in [2.05, 4.69) is 21.8 Å². The van der Waals surface area contributed by atoms with Crippen molar-refractivity contribution < 1.29 is 4.79 Å². The van der Waals surface area contributed by atoms with Gasteiger partial charge in [-0.3, -0.25) is 9.36 Å². The van der Waals surface area contributed by atoms with Crippen LogP contribution in [-0.2, 0) is 0 Å². The molecule has 0 aliphatic carbocycles. The Labute approximate surface area is 155 Å². The topological polar surface area (TPSA) is 38.1 Å². The molecule has 1 atom stereocenters. The zero-order valence-electron chi connectivity index (χ0n) is 14.0. The molecule has 1 aliphatic heterocycles. The van der Waals surface area contributed by atoms with Crippen molar-refractivity contribution in [2.24, 2.45) is 0 Å². The summed E-state index contributed by atoms with van der Waals surface area (Å²) in [6.45, 7) is 0.824. The fourth-order valence-corrected chi connectivity index (χ4v) is 4.65. The molecule has 1 fully saturated rings. The lowest BCUT2D eigenvalue weighted by atomic mass is 10.1. The first-order valence-electron chi connectivity index (χ1n) is 8.29. The highest BCUT2D eigenvalue weighted by atomic mass is 32.2. The van der Waals surface area contributed by atoms with E-state index in [0.29, 0.717) is 0 Å². The first-order chi connectivity index (χ1) is 12.3. The van der Waals surface area contributed by atoms with Gasteiger partial charge >= 0.3 is 0 Å². The summed E-state index contributed by atoms with van der Waals surface area (Å²) < 4.78 is 2.02. The van der Waals surface area contributed by atoms with Gasteiger partial charge in [0.05, 0.1) is 6.04 Å². The van der Waals surface area contributed by atoms with Gasteiger partial charge in [-0.1, -0.05) is 17.8 Å². The van der Waals surface area contributed by atoms with Crippen molar-refractivity contribution >= 4 is 29.0 Å². The molecular formula is C19H19N3OS2. The van der Waals surface area contributed by atoms with E-state index in [1.807, 2.05) is 46.2 Å². The number of aromatic nitrogens is 2. The molecule has 2 aromatic heterocycles. The molecule has 0 spiro atoms. The van der Waals surface area contributed by atoms with Crippen LogP contribution in [0.25, 0.3) is 5.69 Å². The Morgan fingerprint density at radius 3 is 3.08 bits per heavy atom. The summed E-state index contributed by atoms with van der Waals surface area (Å²) in [6.07, 6.45) is 7.82. The Balaban J connectivity index is 1.63. The maximum absolute atomic E-state index is 13.1. The standard InChI is InChI=1S/C19H19N3OS2/c1-24-19-20-8-10-21(19)16-5-2-4-14(12-16)18(23)22-9-3-6-17(22)15-7-11-25-13-15/h2,4-5,7-8,10-13,17H,3,6,9H2,1H3/t17-/m0/s1. The molecule has 25 heavy (non-hydrogen) atoms. The summed E-state index contributed by atoms with van der Waals surface area (Å²) in [7, 11) is 0. The van der Waals surface area contributed by atoms with Gasteiger partial charge in [0.2, 0.25) is 0 Å². The Hall–Kier alpha value is -2.05. The summed E-state index contributed by atoms with van der Waals surface area (Å²) >= 11 is 3.28. The molecule has 128 valence electrons. The molecule has 1 aromatic carbocycles. The van der Waals surface area contributed by atoms with Crippen molar-refractivity contribution in [1.29, 1.82) is 0 Å². The lowest BCUT2D eigenvalue weighted by Gasteiger charge is -2.24. The predicted molar refractivity (Wildman–Crippen MR) is 103 cm³/mol. The number of hydrogen-bond donors (Lipinski definition) is 0. The quantitative estimate of drug-likeness (QED) is 0.629. The van der Waals surface area contributed by atoms with E-state index in [9.17, 15) is 4.79 Å². The Morgan fingerprint density at radius 1 is 1.36 bits per heavy atom. The van der Waals surface area contributed by atoms with E-state index in [4.69, 9.17) is 0 Å². The summed E-state index contributed by atoms with van der Waals surface area (Å²) in [5.41, 5.74) is 2.96. The summed E-state index contributed by atoms with van der Waals surface area (Å²) in [5, 5.41) is 5.16. The number of benzene rings is 1. The molecule has 0 unspecified atom stereocenters. The monoisotopic (exact) mass is 369 g/mol. The van der Waals surface area contributed by atoms with E-state index in [0.717, 1.165) is 35.8 Å². The number of thioether (sulfide) groups is 1. The molecule has 4 rings (SSSR count). The number of amides is 1. The fraction of sp³-hybridized carbons (Fsp3) is 0.263. The Bertz CT molecular complexity index is 872. The first-order valence-corrected chi connectivity index (χ1v) is 10.5. The fourth-order valence-electron chi connectivity index (χ4n) is 3.41. The second-order valence-corrected chi connectivity index (χ2v) is 7.60. The summed E-state index contributed by atoms with van der Waals surface area (Å²) in [4.78, 5) is 19.5. The highest BCUT2D eigenvalue weighted by Gasteiger charge is 2.30. The predicted octanol–water partition coefficient (Wildman–Crippen LogP) is 4.63. The van der Waals surface area contributed by atoms with Gasteiger partial charge in [0, 0.05) is 30.2 Å². The van der Waals surface area contributed by atoms with E-state index in [1.54, 1.807) is 29.3 Å².